The van der Waals surface area contributed by atoms with Crippen LogP contribution in [0.15, 0.2) is 70.4 Å². The summed E-state index contributed by atoms with van der Waals surface area (Å²) in [6.45, 7) is 0. The average molecular weight is 395 g/mol. The minimum absolute atomic E-state index is 0.123. The van der Waals surface area contributed by atoms with Crippen LogP contribution in [-0.4, -0.2) is 24.2 Å². The van der Waals surface area contributed by atoms with Crippen molar-refractivity contribution in [2.45, 2.75) is 0 Å². The number of ether oxygens (including phenoxy) is 1. The molecule has 0 saturated carbocycles. The summed E-state index contributed by atoms with van der Waals surface area (Å²) in [5.41, 5.74) is 1.35. The predicted molar refractivity (Wildman–Crippen MR) is 106 cm³/mol. The van der Waals surface area contributed by atoms with Gasteiger partial charge in [-0.15, -0.1) is 0 Å². The molecule has 2 heterocycles. The van der Waals surface area contributed by atoms with E-state index in [0.29, 0.717) is 21.1 Å². The molecule has 1 amide bonds. The summed E-state index contributed by atoms with van der Waals surface area (Å²) in [6.07, 6.45) is 2.94. The van der Waals surface area contributed by atoms with Crippen molar-refractivity contribution in [1.82, 2.24) is 4.98 Å². The van der Waals surface area contributed by atoms with Gasteiger partial charge in [0.25, 0.3) is 0 Å². The Morgan fingerprint density at radius 3 is 2.79 bits per heavy atom. The van der Waals surface area contributed by atoms with Crippen LogP contribution in [0.3, 0.4) is 0 Å². The molecule has 4 aromatic rings. The molecule has 0 N–H and O–H groups in total. The van der Waals surface area contributed by atoms with Crippen molar-refractivity contribution >= 4 is 38.8 Å². The van der Waals surface area contributed by atoms with Crippen LogP contribution in [0.4, 0.5) is 9.52 Å². The third-order valence-corrected chi connectivity index (χ3v) is 4.88. The molecule has 6 nitrogen and oxygen atoms in total. The van der Waals surface area contributed by atoms with Gasteiger partial charge < -0.3 is 9.15 Å². The second kappa shape index (κ2) is 7.61. The molecule has 0 atom stereocenters. The van der Waals surface area contributed by atoms with E-state index < -0.39 is 5.91 Å². The first-order valence-corrected chi connectivity index (χ1v) is 9.08. The number of hydrogen-bond acceptors (Lipinski definition) is 6. The maximum absolute atomic E-state index is 13.5. The fourth-order valence-corrected chi connectivity index (χ4v) is 3.43. The van der Waals surface area contributed by atoms with Gasteiger partial charge in [0.2, 0.25) is 5.13 Å². The quantitative estimate of drug-likeness (QED) is 0.362. The first-order valence-electron chi connectivity index (χ1n) is 8.26. The summed E-state index contributed by atoms with van der Waals surface area (Å²) < 4.78 is 24.5. The zero-order valence-electron chi connectivity index (χ0n) is 14.7. The Balaban J connectivity index is 1.72. The topological polar surface area (TPSA) is 67.9 Å². The standard InChI is InChI=1S/C20H14FN3O3S/c1-26-15-7-4-13(5-8-15)12-22-24(19(25)17-3-2-10-27-17)20-23-16-9-6-14(21)11-18(16)28-20/h2-12H,1H3/b22-12+. The number of methoxy groups -OCH3 is 1. The Labute approximate surface area is 163 Å². The van der Waals surface area contributed by atoms with Gasteiger partial charge in [-0.25, -0.2) is 9.37 Å². The molecular formula is C20H14FN3O3S. The summed E-state index contributed by atoms with van der Waals surface area (Å²) in [5.74, 6) is -0.00572. The Bertz CT molecular complexity index is 1140. The number of amides is 1. The van der Waals surface area contributed by atoms with Gasteiger partial charge in [0.1, 0.15) is 11.6 Å². The van der Waals surface area contributed by atoms with Crippen LogP contribution in [0.5, 0.6) is 5.75 Å². The van der Waals surface area contributed by atoms with Gasteiger partial charge in [0.05, 0.1) is 29.8 Å². The van der Waals surface area contributed by atoms with Crippen LogP contribution >= 0.6 is 11.3 Å². The lowest BCUT2D eigenvalue weighted by Gasteiger charge is -2.12. The van der Waals surface area contributed by atoms with Crippen molar-refractivity contribution in [2.75, 3.05) is 12.1 Å². The molecule has 8 heteroatoms. The minimum atomic E-state index is -0.478. The SMILES string of the molecule is COc1ccc(/C=N/N(C(=O)c2ccco2)c2nc3ccc(F)cc3s2)cc1. The van der Waals surface area contributed by atoms with Crippen molar-refractivity contribution in [3.63, 3.8) is 0 Å². The number of fused-ring (bicyclic) bond motifs is 1. The van der Waals surface area contributed by atoms with Crippen molar-refractivity contribution in [2.24, 2.45) is 5.10 Å². The zero-order chi connectivity index (χ0) is 19.5. The number of benzene rings is 2. The maximum atomic E-state index is 13.5. The van der Waals surface area contributed by atoms with Crippen molar-refractivity contribution in [3.05, 3.63) is 78.0 Å². The van der Waals surface area contributed by atoms with Crippen LogP contribution < -0.4 is 9.75 Å². The Hall–Kier alpha value is -3.52. The highest BCUT2D eigenvalue weighted by Crippen LogP contribution is 2.30. The molecule has 28 heavy (non-hydrogen) atoms. The van der Waals surface area contributed by atoms with E-state index in [1.165, 1.54) is 24.6 Å². The number of nitrogens with zero attached hydrogens (tertiary/aromatic N) is 3. The number of carbonyl (C=O) groups excluding carboxylic acids is 1. The number of hydrazone groups is 1. The van der Waals surface area contributed by atoms with Gasteiger partial charge >= 0.3 is 5.91 Å². The van der Waals surface area contributed by atoms with Crippen molar-refractivity contribution in [3.8, 4) is 5.75 Å². The summed E-state index contributed by atoms with van der Waals surface area (Å²) in [5, 5.41) is 5.76. The molecule has 0 saturated heterocycles. The van der Waals surface area contributed by atoms with Crippen LogP contribution in [-0.2, 0) is 0 Å². The number of furan rings is 1. The van der Waals surface area contributed by atoms with Gasteiger partial charge in [-0.3, -0.25) is 4.79 Å². The van der Waals surface area contributed by atoms with E-state index in [2.05, 4.69) is 10.1 Å². The third-order valence-electron chi connectivity index (χ3n) is 3.88. The number of anilines is 1. The molecule has 0 unspecified atom stereocenters. The number of rotatable bonds is 5. The number of aromatic nitrogens is 1. The van der Waals surface area contributed by atoms with E-state index >= 15 is 0 Å². The lowest BCUT2D eigenvalue weighted by atomic mass is 10.2. The van der Waals surface area contributed by atoms with Crippen LogP contribution in [0.2, 0.25) is 0 Å². The normalized spacial score (nSPS) is 11.2. The molecule has 4 rings (SSSR count). The lowest BCUT2D eigenvalue weighted by molar-refractivity contribution is 0.0961. The third kappa shape index (κ3) is 3.63. The van der Waals surface area contributed by atoms with Crippen molar-refractivity contribution < 1.29 is 18.3 Å². The first-order chi connectivity index (χ1) is 13.6. The second-order valence-corrected chi connectivity index (χ2v) is 6.73. The number of halogens is 1. The molecule has 0 aliphatic rings. The van der Waals surface area contributed by atoms with E-state index in [-0.39, 0.29) is 11.6 Å². The fraction of sp³-hybridized carbons (Fsp3) is 0.0500. The van der Waals surface area contributed by atoms with E-state index in [0.717, 1.165) is 21.9 Å². The Kier molecular flexibility index (Phi) is 4.86. The van der Waals surface area contributed by atoms with Gasteiger partial charge in [-0.2, -0.15) is 10.1 Å². The van der Waals surface area contributed by atoms with E-state index in [4.69, 9.17) is 9.15 Å². The Morgan fingerprint density at radius 1 is 1.25 bits per heavy atom. The largest absolute Gasteiger partial charge is 0.497 e. The molecule has 0 radical (unpaired) electrons. The average Bonchev–Trinajstić information content (AvgIpc) is 3.38. The molecule has 0 aliphatic carbocycles. The van der Waals surface area contributed by atoms with Crippen LogP contribution in [0, 0.1) is 5.82 Å². The predicted octanol–water partition coefficient (Wildman–Crippen LogP) is 4.72. The summed E-state index contributed by atoms with van der Waals surface area (Å²) in [4.78, 5) is 17.3. The molecule has 2 aromatic carbocycles. The summed E-state index contributed by atoms with van der Waals surface area (Å²) >= 11 is 1.16. The number of carbonyl (C=O) groups is 1. The minimum Gasteiger partial charge on any atom is -0.497 e. The highest BCUT2D eigenvalue weighted by Gasteiger charge is 2.23. The second-order valence-electron chi connectivity index (χ2n) is 5.72. The molecule has 0 spiro atoms. The molecule has 0 bridgehead atoms. The zero-order valence-corrected chi connectivity index (χ0v) is 15.5. The van der Waals surface area contributed by atoms with E-state index in [1.807, 2.05) is 12.1 Å². The molecule has 0 fully saturated rings. The van der Waals surface area contributed by atoms with Crippen molar-refractivity contribution in [1.29, 1.82) is 0 Å². The number of thiazole rings is 1. The summed E-state index contributed by atoms with van der Waals surface area (Å²) in [7, 11) is 1.59. The molecule has 0 aliphatic heterocycles. The smallest absolute Gasteiger partial charge is 0.316 e. The van der Waals surface area contributed by atoms with Gasteiger partial charge in [0, 0.05) is 0 Å². The van der Waals surface area contributed by atoms with Crippen LogP contribution in [0.25, 0.3) is 10.2 Å². The van der Waals surface area contributed by atoms with Gasteiger partial charge in [-0.05, 0) is 60.2 Å². The highest BCUT2D eigenvalue weighted by atomic mass is 32.1. The van der Waals surface area contributed by atoms with E-state index in [1.54, 1.807) is 37.4 Å². The molecular weight excluding hydrogens is 381 g/mol. The van der Waals surface area contributed by atoms with Gasteiger partial charge in [0.15, 0.2) is 5.76 Å². The highest BCUT2D eigenvalue weighted by molar-refractivity contribution is 7.22. The number of hydrogen-bond donors (Lipinski definition) is 0. The van der Waals surface area contributed by atoms with Crippen LogP contribution in [0.1, 0.15) is 16.1 Å². The van der Waals surface area contributed by atoms with E-state index in [9.17, 15) is 9.18 Å². The Morgan fingerprint density at radius 2 is 2.07 bits per heavy atom. The summed E-state index contributed by atoms with van der Waals surface area (Å²) in [6, 6.07) is 14.6. The monoisotopic (exact) mass is 395 g/mol. The fourth-order valence-electron chi connectivity index (χ4n) is 2.48. The first kappa shape index (κ1) is 17.9. The lowest BCUT2D eigenvalue weighted by Crippen LogP contribution is -2.25. The molecule has 140 valence electrons. The van der Waals surface area contributed by atoms with Gasteiger partial charge in [-0.1, -0.05) is 11.3 Å². The maximum Gasteiger partial charge on any atom is 0.316 e. The molecule has 2 aromatic heterocycles.